The molecule has 0 bridgehead atoms. The van der Waals surface area contributed by atoms with Crippen molar-refractivity contribution in [1.82, 2.24) is 5.32 Å². The lowest BCUT2D eigenvalue weighted by Crippen LogP contribution is -2.39. The molecular formula is C19H21N3O4. The number of benzene rings is 2. The maximum Gasteiger partial charge on any atom is 0.271 e. The minimum atomic E-state index is -0.508. The Labute approximate surface area is 151 Å². The zero-order valence-electron chi connectivity index (χ0n) is 14.7. The number of anilines is 1. The van der Waals surface area contributed by atoms with Crippen LogP contribution in [0.5, 0.6) is 5.75 Å². The first kappa shape index (κ1) is 17.9. The molecule has 0 aromatic heterocycles. The van der Waals surface area contributed by atoms with Gasteiger partial charge in [-0.05, 0) is 37.0 Å². The third-order valence-electron chi connectivity index (χ3n) is 4.63. The van der Waals surface area contributed by atoms with Gasteiger partial charge in [-0.25, -0.2) is 0 Å². The molecule has 2 aromatic rings. The molecule has 0 fully saturated rings. The first-order valence-electron chi connectivity index (χ1n) is 8.46. The number of nitro benzene ring substituents is 1. The number of fused-ring (bicyclic) bond motifs is 1. The van der Waals surface area contributed by atoms with Crippen molar-refractivity contribution in [2.24, 2.45) is 0 Å². The molecule has 136 valence electrons. The van der Waals surface area contributed by atoms with E-state index >= 15 is 0 Å². The van der Waals surface area contributed by atoms with Gasteiger partial charge in [0.05, 0.1) is 23.8 Å². The number of aryl methyl sites for hydroxylation is 1. The van der Waals surface area contributed by atoms with Crippen molar-refractivity contribution in [3.63, 3.8) is 0 Å². The maximum absolute atomic E-state index is 12.6. The number of nitrogens with one attached hydrogen (secondary N) is 2. The number of rotatable bonds is 6. The molecule has 0 saturated heterocycles. The molecule has 0 heterocycles. The predicted molar refractivity (Wildman–Crippen MR) is 98.4 cm³/mol. The van der Waals surface area contributed by atoms with Crippen molar-refractivity contribution < 1.29 is 14.5 Å². The van der Waals surface area contributed by atoms with Crippen LogP contribution in [0, 0.1) is 10.1 Å². The molecule has 7 heteroatoms. The van der Waals surface area contributed by atoms with Crippen LogP contribution < -0.4 is 15.4 Å². The summed E-state index contributed by atoms with van der Waals surface area (Å²) in [5.41, 5.74) is 2.71. The lowest BCUT2D eigenvalue weighted by Gasteiger charge is -2.20. The second-order valence-corrected chi connectivity index (χ2v) is 6.31. The Kier molecular flexibility index (Phi) is 5.18. The van der Waals surface area contributed by atoms with Crippen LogP contribution in [0.1, 0.15) is 30.5 Å². The van der Waals surface area contributed by atoms with Gasteiger partial charge in [0, 0.05) is 18.2 Å². The van der Waals surface area contributed by atoms with E-state index in [1.807, 2.05) is 12.1 Å². The second kappa shape index (κ2) is 7.53. The Morgan fingerprint density at radius 3 is 2.81 bits per heavy atom. The van der Waals surface area contributed by atoms with Gasteiger partial charge in [-0.2, -0.15) is 0 Å². The van der Waals surface area contributed by atoms with Crippen molar-refractivity contribution in [3.05, 3.63) is 63.7 Å². The number of nitrogens with zero attached hydrogens (tertiary/aromatic N) is 1. The Bertz CT molecular complexity index is 837. The molecule has 0 radical (unpaired) electrons. The Morgan fingerprint density at radius 1 is 1.31 bits per heavy atom. The largest absolute Gasteiger partial charge is 0.495 e. The summed E-state index contributed by atoms with van der Waals surface area (Å²) in [6, 6.07) is 12.0. The molecule has 3 rings (SSSR count). The van der Waals surface area contributed by atoms with E-state index < -0.39 is 11.0 Å². The topological polar surface area (TPSA) is 93.5 Å². The van der Waals surface area contributed by atoms with Gasteiger partial charge in [0.1, 0.15) is 5.75 Å². The van der Waals surface area contributed by atoms with Crippen LogP contribution in [-0.2, 0) is 11.2 Å². The van der Waals surface area contributed by atoms with Crippen LogP contribution in [0.25, 0.3) is 0 Å². The fourth-order valence-corrected chi connectivity index (χ4v) is 3.26. The molecule has 2 atom stereocenters. The Balaban J connectivity index is 1.70. The highest BCUT2D eigenvalue weighted by Crippen LogP contribution is 2.32. The van der Waals surface area contributed by atoms with E-state index in [1.54, 1.807) is 6.92 Å². The van der Waals surface area contributed by atoms with E-state index in [4.69, 9.17) is 4.74 Å². The Morgan fingerprint density at radius 2 is 2.08 bits per heavy atom. The fraction of sp³-hybridized carbons (Fsp3) is 0.316. The third-order valence-corrected chi connectivity index (χ3v) is 4.63. The predicted octanol–water partition coefficient (Wildman–Crippen LogP) is 3.21. The highest BCUT2D eigenvalue weighted by Gasteiger charge is 2.26. The van der Waals surface area contributed by atoms with Crippen molar-refractivity contribution in [2.45, 2.75) is 31.8 Å². The van der Waals surface area contributed by atoms with Gasteiger partial charge in [-0.1, -0.05) is 24.3 Å². The van der Waals surface area contributed by atoms with Crippen LogP contribution in [0.15, 0.2) is 42.5 Å². The van der Waals surface area contributed by atoms with Crippen LogP contribution in [-0.4, -0.2) is 24.0 Å². The number of ether oxygens (including phenoxy) is 1. The van der Waals surface area contributed by atoms with Crippen LogP contribution in [0.3, 0.4) is 0 Å². The van der Waals surface area contributed by atoms with Crippen LogP contribution in [0.2, 0.25) is 0 Å². The van der Waals surface area contributed by atoms with Crippen molar-refractivity contribution in [3.8, 4) is 5.75 Å². The van der Waals surface area contributed by atoms with E-state index in [0.717, 1.165) is 12.8 Å². The summed E-state index contributed by atoms with van der Waals surface area (Å²) in [5, 5.41) is 17.0. The first-order valence-corrected chi connectivity index (χ1v) is 8.46. The molecule has 0 spiro atoms. The highest BCUT2D eigenvalue weighted by atomic mass is 16.6. The summed E-state index contributed by atoms with van der Waals surface area (Å²) in [4.78, 5) is 23.0. The molecule has 1 aliphatic carbocycles. The van der Waals surface area contributed by atoms with Gasteiger partial charge >= 0.3 is 0 Å². The number of amides is 1. The maximum atomic E-state index is 12.6. The summed E-state index contributed by atoms with van der Waals surface area (Å²) in [6.07, 6.45) is 1.93. The molecule has 0 unspecified atom stereocenters. The lowest BCUT2D eigenvalue weighted by molar-refractivity contribution is -0.384. The van der Waals surface area contributed by atoms with Gasteiger partial charge in [-0.15, -0.1) is 0 Å². The molecule has 7 nitrogen and oxygen atoms in total. The highest BCUT2D eigenvalue weighted by molar-refractivity contribution is 5.96. The first-order chi connectivity index (χ1) is 12.5. The normalized spacial score (nSPS) is 16.6. The molecule has 2 aromatic carbocycles. The van der Waals surface area contributed by atoms with Gasteiger partial charge < -0.3 is 10.1 Å². The lowest BCUT2D eigenvalue weighted by atomic mass is 10.1. The number of methoxy groups -OCH3 is 1. The molecule has 1 aliphatic rings. The van der Waals surface area contributed by atoms with Crippen molar-refractivity contribution >= 4 is 17.3 Å². The zero-order valence-corrected chi connectivity index (χ0v) is 14.7. The fourth-order valence-electron chi connectivity index (χ4n) is 3.26. The summed E-state index contributed by atoms with van der Waals surface area (Å²) in [5.74, 6) is 0.107. The van der Waals surface area contributed by atoms with E-state index in [2.05, 4.69) is 22.8 Å². The van der Waals surface area contributed by atoms with E-state index in [0.29, 0.717) is 5.75 Å². The van der Waals surface area contributed by atoms with E-state index in [-0.39, 0.29) is 23.3 Å². The van der Waals surface area contributed by atoms with E-state index in [1.165, 1.54) is 36.4 Å². The third kappa shape index (κ3) is 3.67. The number of nitro groups is 1. The van der Waals surface area contributed by atoms with E-state index in [9.17, 15) is 14.9 Å². The van der Waals surface area contributed by atoms with Crippen molar-refractivity contribution in [1.29, 1.82) is 0 Å². The molecule has 0 aliphatic heterocycles. The van der Waals surface area contributed by atoms with Crippen molar-refractivity contribution in [2.75, 3.05) is 12.4 Å². The quantitative estimate of drug-likeness (QED) is 0.613. The number of carbonyl (C=O) groups excluding carboxylic acids is 1. The van der Waals surface area contributed by atoms with Gasteiger partial charge in [0.15, 0.2) is 0 Å². The zero-order chi connectivity index (χ0) is 18.7. The number of non-ortho nitro benzene ring substituents is 1. The SMILES string of the molecule is COc1ccc([N+](=O)[O-])cc1NC(=O)[C@@H](C)N[C@@H]1CCc2ccccc21. The number of carbonyl (C=O) groups is 1. The average molecular weight is 355 g/mol. The minimum absolute atomic E-state index is 0.105. The molecule has 26 heavy (non-hydrogen) atoms. The molecular weight excluding hydrogens is 334 g/mol. The van der Waals surface area contributed by atoms with Gasteiger partial charge in [0.25, 0.3) is 5.69 Å². The average Bonchev–Trinajstić information content (AvgIpc) is 3.04. The van der Waals surface area contributed by atoms with Crippen LogP contribution >= 0.6 is 0 Å². The summed E-state index contributed by atoms with van der Waals surface area (Å²) >= 11 is 0. The smallest absolute Gasteiger partial charge is 0.271 e. The molecule has 2 N–H and O–H groups in total. The number of hydrogen-bond donors (Lipinski definition) is 2. The summed E-state index contributed by atoms with van der Waals surface area (Å²) < 4.78 is 5.18. The molecule has 0 saturated carbocycles. The second-order valence-electron chi connectivity index (χ2n) is 6.31. The Hall–Kier alpha value is -2.93. The van der Waals surface area contributed by atoms with Gasteiger partial charge in [-0.3, -0.25) is 20.2 Å². The number of hydrogen-bond acceptors (Lipinski definition) is 5. The standard InChI is InChI=1S/C19H21N3O4/c1-12(20-16-9-7-13-5-3-4-6-15(13)16)19(23)21-17-11-14(22(24)25)8-10-18(17)26-2/h3-6,8,10-12,16,20H,7,9H2,1-2H3,(H,21,23)/t12-,16-/m1/s1. The molecule has 1 amide bonds. The monoisotopic (exact) mass is 355 g/mol. The summed E-state index contributed by atoms with van der Waals surface area (Å²) in [6.45, 7) is 1.78. The minimum Gasteiger partial charge on any atom is -0.495 e. The summed E-state index contributed by atoms with van der Waals surface area (Å²) in [7, 11) is 1.45. The van der Waals surface area contributed by atoms with Crippen LogP contribution in [0.4, 0.5) is 11.4 Å². The van der Waals surface area contributed by atoms with Gasteiger partial charge in [0.2, 0.25) is 5.91 Å².